The Bertz CT molecular complexity index is 1290. The lowest BCUT2D eigenvalue weighted by Crippen LogP contribution is -2.35. The van der Waals surface area contributed by atoms with Crippen LogP contribution >= 0.6 is 11.6 Å². The van der Waals surface area contributed by atoms with Crippen LogP contribution < -0.4 is 4.74 Å². The number of nitrogens with zero attached hydrogens (tertiary/aromatic N) is 1. The van der Waals surface area contributed by atoms with Crippen LogP contribution in [0.5, 0.6) is 5.75 Å². The molecule has 4 rings (SSSR count). The van der Waals surface area contributed by atoms with E-state index in [0.717, 1.165) is 17.7 Å². The van der Waals surface area contributed by atoms with Gasteiger partial charge in [0.1, 0.15) is 23.7 Å². The number of benzene rings is 3. The quantitative estimate of drug-likeness (QED) is 0.389. The van der Waals surface area contributed by atoms with Crippen molar-refractivity contribution in [3.8, 4) is 5.75 Å². The molecule has 0 bridgehead atoms. The Morgan fingerprint density at radius 2 is 1.78 bits per heavy atom. The molecule has 7 heteroatoms. The fourth-order valence-electron chi connectivity index (χ4n) is 4.61. The van der Waals surface area contributed by atoms with Crippen molar-refractivity contribution in [2.45, 2.75) is 51.7 Å². The van der Waals surface area contributed by atoms with E-state index < -0.39 is 29.8 Å². The molecule has 3 aromatic carbocycles. The van der Waals surface area contributed by atoms with E-state index in [9.17, 15) is 19.1 Å². The first-order chi connectivity index (χ1) is 17.0. The zero-order valence-corrected chi connectivity index (χ0v) is 21.3. The molecule has 0 aliphatic carbocycles. The summed E-state index contributed by atoms with van der Waals surface area (Å²) in [5.41, 5.74) is 3.83. The molecule has 1 aliphatic heterocycles. The van der Waals surface area contributed by atoms with E-state index in [1.807, 2.05) is 0 Å². The molecular formula is C29H29ClFNO4. The van der Waals surface area contributed by atoms with E-state index >= 15 is 0 Å². The average Bonchev–Trinajstić information content (AvgIpc) is 3.15. The molecule has 5 nitrogen and oxygen atoms in total. The zero-order chi connectivity index (χ0) is 26.0. The summed E-state index contributed by atoms with van der Waals surface area (Å²) in [6.07, 6.45) is 1.35. The minimum absolute atomic E-state index is 0.0111. The van der Waals surface area contributed by atoms with E-state index in [4.69, 9.17) is 16.3 Å². The second-order valence-electron chi connectivity index (χ2n) is 9.93. The number of ether oxygens (including phenoxy) is 1. The molecule has 1 atom stereocenters. The van der Waals surface area contributed by atoms with Crippen molar-refractivity contribution in [3.05, 3.63) is 99.3 Å². The molecule has 0 saturated carbocycles. The maximum Gasteiger partial charge on any atom is 0.323 e. The molecule has 0 fully saturated rings. The standard InChI is InChI=1S/C29H29ClFNO4/c1-18(2)21-7-4-19(5-8-21)14-29(3)15-23-13-22(9-11-26(23)36-29)28(35)32(17-27(33)34)16-20-6-10-25(31)24(30)12-20/h4-13,18H,14-17H2,1-3H3,(H,33,34). The molecule has 0 spiro atoms. The van der Waals surface area contributed by atoms with Crippen LogP contribution in [0.1, 0.15) is 59.3 Å². The number of aliphatic carboxylic acids is 1. The van der Waals surface area contributed by atoms with Crippen molar-refractivity contribution in [2.24, 2.45) is 0 Å². The van der Waals surface area contributed by atoms with E-state index in [2.05, 4.69) is 45.0 Å². The van der Waals surface area contributed by atoms with Gasteiger partial charge in [-0.15, -0.1) is 0 Å². The molecule has 1 unspecified atom stereocenters. The molecule has 0 aromatic heterocycles. The summed E-state index contributed by atoms with van der Waals surface area (Å²) < 4.78 is 19.8. The van der Waals surface area contributed by atoms with Crippen LogP contribution in [0.3, 0.4) is 0 Å². The number of halogens is 2. The highest BCUT2D eigenvalue weighted by atomic mass is 35.5. The largest absolute Gasteiger partial charge is 0.487 e. The minimum atomic E-state index is -1.14. The van der Waals surface area contributed by atoms with Crippen molar-refractivity contribution >= 4 is 23.5 Å². The summed E-state index contributed by atoms with van der Waals surface area (Å²) in [4.78, 5) is 26.0. The van der Waals surface area contributed by atoms with E-state index in [1.165, 1.54) is 34.2 Å². The van der Waals surface area contributed by atoms with Gasteiger partial charge in [0.05, 0.1) is 5.02 Å². The van der Waals surface area contributed by atoms with Crippen molar-refractivity contribution in [1.29, 1.82) is 0 Å². The third-order valence-corrected chi connectivity index (χ3v) is 6.71. The lowest BCUT2D eigenvalue weighted by molar-refractivity contribution is -0.137. The minimum Gasteiger partial charge on any atom is -0.487 e. The van der Waals surface area contributed by atoms with Crippen LogP contribution in [-0.2, 0) is 24.2 Å². The predicted octanol–water partition coefficient (Wildman–Crippen LogP) is 6.27. The number of hydrogen-bond acceptors (Lipinski definition) is 3. The number of amides is 1. The van der Waals surface area contributed by atoms with E-state index in [-0.39, 0.29) is 11.6 Å². The Morgan fingerprint density at radius 3 is 2.42 bits per heavy atom. The highest BCUT2D eigenvalue weighted by Gasteiger charge is 2.35. The lowest BCUT2D eigenvalue weighted by Gasteiger charge is -2.24. The maximum atomic E-state index is 13.5. The SMILES string of the molecule is CC(C)c1ccc(CC2(C)Cc3cc(C(=O)N(CC(=O)O)Cc4ccc(F)c(Cl)c4)ccc3O2)cc1. The third-order valence-electron chi connectivity index (χ3n) is 6.42. The first-order valence-corrected chi connectivity index (χ1v) is 12.3. The number of hydrogen-bond donors (Lipinski definition) is 1. The van der Waals surface area contributed by atoms with E-state index in [0.29, 0.717) is 23.5 Å². The lowest BCUT2D eigenvalue weighted by atomic mass is 9.90. The molecule has 0 radical (unpaired) electrons. The summed E-state index contributed by atoms with van der Waals surface area (Å²) in [7, 11) is 0. The number of carbonyl (C=O) groups excluding carboxylic acids is 1. The van der Waals surface area contributed by atoms with Crippen molar-refractivity contribution in [3.63, 3.8) is 0 Å². The van der Waals surface area contributed by atoms with Gasteiger partial charge in [-0.1, -0.05) is 55.8 Å². The number of carboxylic acids is 1. The fourth-order valence-corrected chi connectivity index (χ4v) is 4.81. The van der Waals surface area contributed by atoms with Gasteiger partial charge in [0.15, 0.2) is 0 Å². The van der Waals surface area contributed by atoms with Gasteiger partial charge >= 0.3 is 5.97 Å². The molecule has 0 saturated heterocycles. The predicted molar refractivity (Wildman–Crippen MR) is 137 cm³/mol. The number of fused-ring (bicyclic) bond motifs is 1. The number of rotatable bonds is 8. The summed E-state index contributed by atoms with van der Waals surface area (Å²) in [5, 5.41) is 9.29. The van der Waals surface area contributed by atoms with Crippen LogP contribution in [0.2, 0.25) is 5.02 Å². The smallest absolute Gasteiger partial charge is 0.323 e. The van der Waals surface area contributed by atoms with Crippen LogP contribution in [0, 0.1) is 5.82 Å². The monoisotopic (exact) mass is 509 g/mol. The topological polar surface area (TPSA) is 66.8 Å². The van der Waals surface area contributed by atoms with Gasteiger partial charge in [-0.25, -0.2) is 4.39 Å². The van der Waals surface area contributed by atoms with Crippen molar-refractivity contribution in [2.75, 3.05) is 6.54 Å². The van der Waals surface area contributed by atoms with Gasteiger partial charge in [-0.05, 0) is 65.4 Å². The number of carbonyl (C=O) groups is 2. The highest BCUT2D eigenvalue weighted by molar-refractivity contribution is 6.30. The second kappa shape index (κ2) is 10.3. The molecule has 1 aliphatic rings. The molecule has 1 N–H and O–H groups in total. The average molecular weight is 510 g/mol. The molecule has 188 valence electrons. The normalized spacial score (nSPS) is 16.5. The molecular weight excluding hydrogens is 481 g/mol. The van der Waals surface area contributed by atoms with Gasteiger partial charge in [0.25, 0.3) is 5.91 Å². The van der Waals surface area contributed by atoms with Gasteiger partial charge < -0.3 is 14.7 Å². The molecule has 36 heavy (non-hydrogen) atoms. The summed E-state index contributed by atoms with van der Waals surface area (Å²) in [5.74, 6) is -0.953. The van der Waals surface area contributed by atoms with Gasteiger partial charge in [0, 0.05) is 24.9 Å². The summed E-state index contributed by atoms with van der Waals surface area (Å²) in [6.45, 7) is 5.88. The van der Waals surface area contributed by atoms with Gasteiger partial charge in [-0.2, -0.15) is 0 Å². The van der Waals surface area contributed by atoms with E-state index in [1.54, 1.807) is 18.2 Å². The van der Waals surface area contributed by atoms with Crippen LogP contribution in [-0.4, -0.2) is 34.0 Å². The first kappa shape index (κ1) is 25.7. The second-order valence-corrected chi connectivity index (χ2v) is 10.3. The van der Waals surface area contributed by atoms with Gasteiger partial charge in [0.2, 0.25) is 0 Å². The highest BCUT2D eigenvalue weighted by Crippen LogP contribution is 2.38. The molecule has 1 amide bonds. The Labute approximate surface area is 215 Å². The van der Waals surface area contributed by atoms with Crippen LogP contribution in [0.4, 0.5) is 4.39 Å². The fraction of sp³-hybridized carbons (Fsp3) is 0.310. The zero-order valence-electron chi connectivity index (χ0n) is 20.6. The van der Waals surface area contributed by atoms with Crippen molar-refractivity contribution < 1.29 is 23.8 Å². The molecule has 1 heterocycles. The first-order valence-electron chi connectivity index (χ1n) is 11.9. The Kier molecular flexibility index (Phi) is 7.36. The Hall–Kier alpha value is -3.38. The maximum absolute atomic E-state index is 13.5. The number of carboxylic acid groups (broad SMARTS) is 1. The molecule has 3 aromatic rings. The van der Waals surface area contributed by atoms with Crippen LogP contribution in [0.15, 0.2) is 60.7 Å². The summed E-state index contributed by atoms with van der Waals surface area (Å²) in [6, 6.07) is 17.8. The third kappa shape index (κ3) is 5.88. The van der Waals surface area contributed by atoms with Crippen LogP contribution in [0.25, 0.3) is 0 Å². The Balaban J connectivity index is 1.51. The van der Waals surface area contributed by atoms with Gasteiger partial charge in [-0.3, -0.25) is 9.59 Å². The summed E-state index contributed by atoms with van der Waals surface area (Å²) >= 11 is 5.86. The van der Waals surface area contributed by atoms with Crippen molar-refractivity contribution in [1.82, 2.24) is 4.90 Å². The Morgan fingerprint density at radius 1 is 1.08 bits per heavy atom.